The van der Waals surface area contributed by atoms with Crippen LogP contribution >= 0.6 is 0 Å². The Labute approximate surface area is 202 Å². The van der Waals surface area contributed by atoms with Gasteiger partial charge in [0.15, 0.2) is 5.78 Å². The molecule has 0 saturated carbocycles. The fourth-order valence-corrected chi connectivity index (χ4v) is 3.99. The summed E-state index contributed by atoms with van der Waals surface area (Å²) < 4.78 is 85.2. The van der Waals surface area contributed by atoms with Gasteiger partial charge in [-0.25, -0.2) is 0 Å². The maximum atomic E-state index is 14.2. The number of nitrogens with zero attached hydrogens (tertiary/aromatic N) is 2. The molecule has 2 aromatic carbocycles. The van der Waals surface area contributed by atoms with Crippen LogP contribution in [0.2, 0.25) is 0 Å². The molecule has 0 aliphatic rings. The van der Waals surface area contributed by atoms with Gasteiger partial charge in [0.05, 0.1) is 33.6 Å². The molecule has 0 unspecified atom stereocenters. The Kier molecular flexibility index (Phi) is 6.43. The molecule has 0 spiro atoms. The van der Waals surface area contributed by atoms with Crippen LogP contribution in [0, 0.1) is 13.8 Å². The van der Waals surface area contributed by atoms with E-state index in [1.54, 1.807) is 12.1 Å². The van der Waals surface area contributed by atoms with Crippen LogP contribution in [-0.2, 0) is 12.4 Å². The minimum absolute atomic E-state index is 0.0425. The average Bonchev–Trinajstić information content (AvgIpc) is 2.82. The van der Waals surface area contributed by atoms with E-state index in [9.17, 15) is 31.1 Å². The van der Waals surface area contributed by atoms with Gasteiger partial charge in [-0.3, -0.25) is 14.8 Å². The van der Waals surface area contributed by atoms with Gasteiger partial charge in [0, 0.05) is 22.5 Å². The van der Waals surface area contributed by atoms with Crippen LogP contribution in [0.15, 0.2) is 72.8 Å². The molecule has 0 radical (unpaired) electrons. The highest BCUT2D eigenvalue weighted by Crippen LogP contribution is 2.42. The van der Waals surface area contributed by atoms with E-state index >= 15 is 0 Å². The van der Waals surface area contributed by atoms with Gasteiger partial charge in [-0.15, -0.1) is 0 Å². The molecule has 0 bridgehead atoms. The third kappa shape index (κ3) is 4.86. The summed E-state index contributed by atoms with van der Waals surface area (Å²) in [5.41, 5.74) is -5.16. The molecule has 9 heteroatoms. The summed E-state index contributed by atoms with van der Waals surface area (Å²) in [6.07, 6.45) is -10.1. The summed E-state index contributed by atoms with van der Waals surface area (Å²) in [4.78, 5) is 22.2. The van der Waals surface area contributed by atoms with E-state index in [0.29, 0.717) is 12.1 Å². The summed E-state index contributed by atoms with van der Waals surface area (Å²) >= 11 is 0. The van der Waals surface area contributed by atoms with Gasteiger partial charge in [0.1, 0.15) is 0 Å². The maximum Gasteiger partial charge on any atom is 0.417 e. The van der Waals surface area contributed by atoms with Crippen LogP contribution in [0.3, 0.4) is 0 Å². The van der Waals surface area contributed by atoms with E-state index in [2.05, 4.69) is 9.97 Å². The third-order valence-electron chi connectivity index (χ3n) is 5.45. The molecule has 36 heavy (non-hydrogen) atoms. The first kappa shape index (κ1) is 25.1. The number of aryl methyl sites for hydroxylation is 2. The number of rotatable bonds is 4. The molecular weight excluding hydrogens is 482 g/mol. The number of benzene rings is 2. The van der Waals surface area contributed by atoms with Crippen molar-refractivity contribution in [1.82, 2.24) is 9.97 Å². The molecular formula is C27H18F6N2O. The van der Waals surface area contributed by atoms with Crippen molar-refractivity contribution in [1.29, 1.82) is 0 Å². The van der Waals surface area contributed by atoms with Crippen molar-refractivity contribution in [3.05, 3.63) is 106 Å². The third-order valence-corrected chi connectivity index (χ3v) is 5.45. The number of hydrogen-bond donors (Lipinski definition) is 0. The molecule has 0 N–H and O–H groups in total. The quantitative estimate of drug-likeness (QED) is 0.213. The van der Waals surface area contributed by atoms with Gasteiger partial charge in [-0.05, 0) is 26.0 Å². The molecule has 3 nitrogen and oxygen atoms in total. The Morgan fingerprint density at radius 3 is 1.25 bits per heavy atom. The highest BCUT2D eigenvalue weighted by atomic mass is 19.4. The molecule has 0 atom stereocenters. The maximum absolute atomic E-state index is 14.2. The number of carbonyl (C=O) groups is 1. The number of aromatic nitrogens is 2. The van der Waals surface area contributed by atoms with Crippen LogP contribution in [0.25, 0.3) is 22.5 Å². The molecule has 4 rings (SSSR count). The van der Waals surface area contributed by atoms with E-state index in [1.165, 1.54) is 62.4 Å². The minimum atomic E-state index is -5.04. The fourth-order valence-electron chi connectivity index (χ4n) is 3.99. The summed E-state index contributed by atoms with van der Waals surface area (Å²) in [7, 11) is 0. The zero-order valence-electron chi connectivity index (χ0n) is 19.0. The Hall–Kier alpha value is -4.01. The van der Waals surface area contributed by atoms with Gasteiger partial charge < -0.3 is 0 Å². The Morgan fingerprint density at radius 2 is 0.944 bits per heavy atom. The smallest absolute Gasteiger partial charge is 0.288 e. The summed E-state index contributed by atoms with van der Waals surface area (Å²) in [5, 5.41) is 0. The number of hydrogen-bond acceptors (Lipinski definition) is 3. The van der Waals surface area contributed by atoms with Gasteiger partial charge in [0.25, 0.3) is 0 Å². The van der Waals surface area contributed by atoms with E-state index < -0.39 is 40.4 Å². The monoisotopic (exact) mass is 500 g/mol. The molecule has 184 valence electrons. The SMILES string of the molecule is Cc1cc(C(F)(F)F)c(C(=O)c2c(C(F)(F)F)cc(C)nc2-c2ccccc2)c(-c2ccccc2)n1. The first-order chi connectivity index (χ1) is 16.9. The molecule has 0 amide bonds. The first-order valence-electron chi connectivity index (χ1n) is 10.7. The second-order valence-corrected chi connectivity index (χ2v) is 8.13. The van der Waals surface area contributed by atoms with Crippen molar-refractivity contribution in [3.63, 3.8) is 0 Å². The highest BCUT2D eigenvalue weighted by molar-refractivity contribution is 6.17. The predicted octanol–water partition coefficient (Wildman–Crippen LogP) is 7.70. The zero-order valence-corrected chi connectivity index (χ0v) is 19.0. The van der Waals surface area contributed by atoms with Crippen molar-refractivity contribution >= 4 is 5.78 Å². The number of alkyl halides is 6. The summed E-state index contributed by atoms with van der Waals surface area (Å²) in [6.45, 7) is 2.64. The van der Waals surface area contributed by atoms with E-state index in [1.807, 2.05) is 0 Å². The topological polar surface area (TPSA) is 42.9 Å². The second-order valence-electron chi connectivity index (χ2n) is 8.13. The van der Waals surface area contributed by atoms with Crippen molar-refractivity contribution in [2.24, 2.45) is 0 Å². The summed E-state index contributed by atoms with van der Waals surface area (Å²) in [5.74, 6) is -1.47. The molecule has 4 aromatic rings. The van der Waals surface area contributed by atoms with Crippen molar-refractivity contribution < 1.29 is 31.1 Å². The minimum Gasteiger partial charge on any atom is -0.288 e. The van der Waals surface area contributed by atoms with E-state index in [-0.39, 0.29) is 33.9 Å². The molecule has 0 aliphatic carbocycles. The molecule has 0 fully saturated rings. The Morgan fingerprint density at radius 1 is 0.611 bits per heavy atom. The van der Waals surface area contributed by atoms with Crippen LogP contribution in [0.1, 0.15) is 38.4 Å². The van der Waals surface area contributed by atoms with Crippen molar-refractivity contribution in [2.45, 2.75) is 26.2 Å². The lowest BCUT2D eigenvalue weighted by Gasteiger charge is -2.21. The lowest BCUT2D eigenvalue weighted by molar-refractivity contribution is -0.138. The average molecular weight is 500 g/mol. The van der Waals surface area contributed by atoms with Gasteiger partial charge >= 0.3 is 12.4 Å². The number of halogens is 6. The molecule has 2 heterocycles. The van der Waals surface area contributed by atoms with Crippen LogP contribution in [-0.4, -0.2) is 15.8 Å². The fraction of sp³-hybridized carbons (Fsp3) is 0.148. The van der Waals surface area contributed by atoms with E-state index in [4.69, 9.17) is 0 Å². The lowest BCUT2D eigenvalue weighted by atomic mass is 9.88. The molecule has 0 aliphatic heterocycles. The predicted molar refractivity (Wildman–Crippen MR) is 122 cm³/mol. The first-order valence-corrected chi connectivity index (χ1v) is 10.7. The van der Waals surface area contributed by atoms with Gasteiger partial charge in [-0.1, -0.05) is 60.7 Å². The normalized spacial score (nSPS) is 12.0. The Balaban J connectivity index is 2.14. The van der Waals surface area contributed by atoms with Crippen LogP contribution in [0.4, 0.5) is 26.3 Å². The van der Waals surface area contributed by atoms with Gasteiger partial charge in [-0.2, -0.15) is 26.3 Å². The molecule has 2 aromatic heterocycles. The van der Waals surface area contributed by atoms with Crippen LogP contribution in [0.5, 0.6) is 0 Å². The Bertz CT molecular complexity index is 1320. The molecule has 0 saturated heterocycles. The van der Waals surface area contributed by atoms with Gasteiger partial charge in [0.2, 0.25) is 0 Å². The van der Waals surface area contributed by atoms with Crippen molar-refractivity contribution in [2.75, 3.05) is 0 Å². The van der Waals surface area contributed by atoms with Crippen LogP contribution < -0.4 is 0 Å². The second kappa shape index (κ2) is 9.22. The highest BCUT2D eigenvalue weighted by Gasteiger charge is 2.42. The van der Waals surface area contributed by atoms with E-state index in [0.717, 1.165) is 0 Å². The number of pyridine rings is 2. The summed E-state index contributed by atoms with van der Waals surface area (Å²) in [6, 6.07) is 16.4. The number of carbonyl (C=O) groups excluding carboxylic acids is 1. The largest absolute Gasteiger partial charge is 0.417 e. The standard InChI is InChI=1S/C27H18F6N2O/c1-15-13-19(26(28,29)30)21(23(34-15)17-9-5-3-6-10-17)25(36)22-20(27(31,32)33)14-16(2)35-24(22)18-11-7-4-8-12-18/h3-14H,1-2H3. The lowest BCUT2D eigenvalue weighted by Crippen LogP contribution is -2.22. The number of ketones is 1. The van der Waals surface area contributed by atoms with Crippen molar-refractivity contribution in [3.8, 4) is 22.5 Å². The zero-order chi connectivity index (χ0) is 26.3.